The normalized spacial score (nSPS) is 19.1. The molecule has 1 fully saturated rings. The summed E-state index contributed by atoms with van der Waals surface area (Å²) in [5, 5.41) is 9.71. The number of hydrogen-bond donors (Lipinski definition) is 1. The van der Waals surface area contributed by atoms with Gasteiger partial charge >= 0.3 is 5.97 Å². The van der Waals surface area contributed by atoms with Crippen LogP contribution in [0.25, 0.3) is 11.5 Å². The summed E-state index contributed by atoms with van der Waals surface area (Å²) < 4.78 is 12.2. The van der Waals surface area contributed by atoms with E-state index >= 15 is 0 Å². The SMILES string of the molecule is Cc1ccc(-c2nc(CO[C@@H]3CCC[C@H](CCC(Cc4ccccc4)C(=O)O)C3)c(C)o2)cc1. The number of oxazole rings is 1. The van der Waals surface area contributed by atoms with Crippen molar-refractivity contribution in [2.75, 3.05) is 0 Å². The van der Waals surface area contributed by atoms with E-state index in [0.29, 0.717) is 31.3 Å². The van der Waals surface area contributed by atoms with Gasteiger partial charge in [-0.3, -0.25) is 4.79 Å². The second kappa shape index (κ2) is 11.5. The van der Waals surface area contributed by atoms with E-state index in [4.69, 9.17) is 9.15 Å². The first-order valence-corrected chi connectivity index (χ1v) is 12.4. The van der Waals surface area contributed by atoms with Crippen molar-refractivity contribution < 1.29 is 19.1 Å². The van der Waals surface area contributed by atoms with E-state index in [-0.39, 0.29) is 12.0 Å². The van der Waals surface area contributed by atoms with Crippen molar-refractivity contribution in [2.45, 2.75) is 71.5 Å². The Morgan fingerprint density at radius 3 is 2.62 bits per heavy atom. The maximum absolute atomic E-state index is 11.8. The van der Waals surface area contributed by atoms with Crippen molar-refractivity contribution in [1.82, 2.24) is 4.98 Å². The third-order valence-electron chi connectivity index (χ3n) is 6.98. The van der Waals surface area contributed by atoms with E-state index < -0.39 is 5.97 Å². The highest BCUT2D eigenvalue weighted by molar-refractivity contribution is 5.70. The van der Waals surface area contributed by atoms with Gasteiger partial charge in [-0.1, -0.05) is 60.9 Å². The number of aromatic nitrogens is 1. The van der Waals surface area contributed by atoms with Crippen molar-refractivity contribution in [1.29, 1.82) is 0 Å². The lowest BCUT2D eigenvalue weighted by molar-refractivity contribution is -0.142. The largest absolute Gasteiger partial charge is 0.481 e. The lowest BCUT2D eigenvalue weighted by atomic mass is 9.81. The number of hydrogen-bond acceptors (Lipinski definition) is 4. The number of carboxylic acid groups (broad SMARTS) is 1. The van der Waals surface area contributed by atoms with E-state index in [1.807, 2.05) is 49.4 Å². The zero-order valence-electron chi connectivity index (χ0n) is 20.2. The molecule has 180 valence electrons. The van der Waals surface area contributed by atoms with Crippen LogP contribution in [-0.4, -0.2) is 22.2 Å². The molecule has 5 heteroatoms. The van der Waals surface area contributed by atoms with Gasteiger partial charge in [0, 0.05) is 5.56 Å². The van der Waals surface area contributed by atoms with Gasteiger partial charge in [0.15, 0.2) is 0 Å². The minimum absolute atomic E-state index is 0.190. The molecule has 1 saturated carbocycles. The smallest absolute Gasteiger partial charge is 0.306 e. The Morgan fingerprint density at radius 2 is 1.88 bits per heavy atom. The molecule has 1 heterocycles. The highest BCUT2D eigenvalue weighted by atomic mass is 16.5. The number of rotatable bonds is 10. The minimum atomic E-state index is -0.696. The molecule has 0 amide bonds. The fraction of sp³-hybridized carbons (Fsp3) is 0.448. The standard InChI is InChI=1S/C29H35NO4/c1-20-11-14-24(15-12-20)28-30-27(21(2)34-28)19-33-26-10-6-9-23(18-26)13-16-25(29(31)32)17-22-7-4-3-5-8-22/h3-5,7-8,11-12,14-15,23,25-26H,6,9-10,13,16-19H2,1-2H3,(H,31,32)/t23-,25?,26-/m1/s1. The molecule has 34 heavy (non-hydrogen) atoms. The van der Waals surface area contributed by atoms with Crippen molar-refractivity contribution in [3.8, 4) is 11.5 Å². The van der Waals surface area contributed by atoms with E-state index in [9.17, 15) is 9.90 Å². The Morgan fingerprint density at radius 1 is 1.12 bits per heavy atom. The molecule has 0 bridgehead atoms. The molecule has 4 rings (SSSR count). The van der Waals surface area contributed by atoms with E-state index in [1.165, 1.54) is 5.56 Å². The zero-order chi connectivity index (χ0) is 23.9. The van der Waals surface area contributed by atoms with Crippen LogP contribution < -0.4 is 0 Å². The van der Waals surface area contributed by atoms with E-state index in [0.717, 1.165) is 54.7 Å². The third-order valence-corrected chi connectivity index (χ3v) is 6.98. The Bertz CT molecular complexity index is 1060. The maximum Gasteiger partial charge on any atom is 0.306 e. The molecule has 1 aromatic heterocycles. The first kappa shape index (κ1) is 24.2. The lowest BCUT2D eigenvalue weighted by Crippen LogP contribution is -2.24. The molecule has 3 atom stereocenters. The summed E-state index contributed by atoms with van der Waals surface area (Å²) in [4.78, 5) is 16.5. The Kier molecular flexibility index (Phi) is 8.17. The lowest BCUT2D eigenvalue weighted by Gasteiger charge is -2.29. The van der Waals surface area contributed by atoms with Crippen LogP contribution in [-0.2, 0) is 22.6 Å². The van der Waals surface area contributed by atoms with Gasteiger partial charge in [0.1, 0.15) is 11.5 Å². The number of aryl methyl sites for hydroxylation is 2. The third kappa shape index (κ3) is 6.57. The fourth-order valence-electron chi connectivity index (χ4n) is 4.88. The molecule has 0 radical (unpaired) electrons. The molecule has 0 spiro atoms. The zero-order valence-corrected chi connectivity index (χ0v) is 20.2. The first-order chi connectivity index (χ1) is 16.5. The number of carboxylic acids is 1. The molecule has 0 aliphatic heterocycles. The van der Waals surface area contributed by atoms with Gasteiger partial charge in [0.25, 0.3) is 0 Å². The average Bonchev–Trinajstić information content (AvgIpc) is 3.22. The summed E-state index contributed by atoms with van der Waals surface area (Å²) in [7, 11) is 0. The van der Waals surface area contributed by atoms with Crippen LogP contribution in [0.15, 0.2) is 59.0 Å². The summed E-state index contributed by atoms with van der Waals surface area (Å²) in [5.74, 6) is 0.918. The van der Waals surface area contributed by atoms with Crippen LogP contribution in [0, 0.1) is 25.7 Å². The molecule has 0 saturated heterocycles. The van der Waals surface area contributed by atoms with Gasteiger partial charge in [-0.05, 0) is 69.6 Å². The molecule has 1 unspecified atom stereocenters. The molecular weight excluding hydrogens is 426 g/mol. The van der Waals surface area contributed by atoms with Crippen LogP contribution >= 0.6 is 0 Å². The topological polar surface area (TPSA) is 72.6 Å². The van der Waals surface area contributed by atoms with Crippen LogP contribution in [0.1, 0.15) is 61.1 Å². The predicted octanol–water partition coefficient (Wildman–Crippen LogP) is 6.76. The summed E-state index contributed by atoms with van der Waals surface area (Å²) in [6, 6.07) is 18.1. The highest BCUT2D eigenvalue weighted by Crippen LogP contribution is 2.32. The summed E-state index contributed by atoms with van der Waals surface area (Å²) in [6.45, 7) is 4.45. The predicted molar refractivity (Wildman–Crippen MR) is 132 cm³/mol. The quantitative estimate of drug-likeness (QED) is 0.361. The number of nitrogens with zero attached hydrogens (tertiary/aromatic N) is 1. The van der Waals surface area contributed by atoms with E-state index in [2.05, 4.69) is 24.0 Å². The van der Waals surface area contributed by atoms with Gasteiger partial charge in [0.05, 0.1) is 18.6 Å². The van der Waals surface area contributed by atoms with Crippen LogP contribution in [0.3, 0.4) is 0 Å². The molecule has 1 aliphatic carbocycles. The monoisotopic (exact) mass is 461 g/mol. The van der Waals surface area contributed by atoms with Crippen LogP contribution in [0.5, 0.6) is 0 Å². The number of aliphatic carboxylic acids is 1. The molecule has 2 aromatic carbocycles. The number of carbonyl (C=O) groups is 1. The van der Waals surface area contributed by atoms with E-state index in [1.54, 1.807) is 0 Å². The Balaban J connectivity index is 1.28. The summed E-state index contributed by atoms with van der Waals surface area (Å²) in [6.07, 6.45) is 6.74. The highest BCUT2D eigenvalue weighted by Gasteiger charge is 2.26. The number of benzene rings is 2. The van der Waals surface area contributed by atoms with Gasteiger partial charge in [-0.15, -0.1) is 0 Å². The molecule has 1 N–H and O–H groups in total. The molecule has 3 aromatic rings. The second-order valence-corrected chi connectivity index (χ2v) is 9.66. The Hall–Kier alpha value is -2.92. The molecular formula is C29H35NO4. The van der Waals surface area contributed by atoms with Gasteiger partial charge in [-0.2, -0.15) is 0 Å². The maximum atomic E-state index is 11.8. The van der Waals surface area contributed by atoms with Crippen molar-refractivity contribution >= 4 is 5.97 Å². The fourth-order valence-corrected chi connectivity index (χ4v) is 4.88. The Labute approximate surface area is 202 Å². The first-order valence-electron chi connectivity index (χ1n) is 12.4. The van der Waals surface area contributed by atoms with Crippen molar-refractivity contribution in [2.24, 2.45) is 11.8 Å². The second-order valence-electron chi connectivity index (χ2n) is 9.66. The van der Waals surface area contributed by atoms with Crippen LogP contribution in [0.4, 0.5) is 0 Å². The van der Waals surface area contributed by atoms with Crippen molar-refractivity contribution in [3.05, 3.63) is 77.2 Å². The minimum Gasteiger partial charge on any atom is -0.481 e. The van der Waals surface area contributed by atoms with Crippen LogP contribution in [0.2, 0.25) is 0 Å². The van der Waals surface area contributed by atoms with Gasteiger partial charge in [0.2, 0.25) is 5.89 Å². The van der Waals surface area contributed by atoms with Gasteiger partial charge in [-0.25, -0.2) is 4.98 Å². The summed E-state index contributed by atoms with van der Waals surface area (Å²) >= 11 is 0. The average molecular weight is 462 g/mol. The van der Waals surface area contributed by atoms with Crippen molar-refractivity contribution in [3.63, 3.8) is 0 Å². The summed E-state index contributed by atoms with van der Waals surface area (Å²) in [5.41, 5.74) is 4.12. The van der Waals surface area contributed by atoms with Gasteiger partial charge < -0.3 is 14.3 Å². The molecule has 5 nitrogen and oxygen atoms in total. The molecule has 1 aliphatic rings. The number of ether oxygens (including phenoxy) is 1.